The predicted molar refractivity (Wildman–Crippen MR) is 83.9 cm³/mol. The van der Waals surface area contributed by atoms with Gasteiger partial charge in [0.15, 0.2) is 17.3 Å². The molecule has 5 nitrogen and oxygen atoms in total. The average molecular weight is 348 g/mol. The molecule has 1 aromatic rings. The molecule has 0 bridgehead atoms. The first-order chi connectivity index (χ1) is 9.03. The first-order valence-electron chi connectivity index (χ1n) is 6.01. The number of carbonyl (C=O) groups excluding carboxylic acids is 1. The zero-order valence-electron chi connectivity index (χ0n) is 12.6. The number of hydrogen-bond acceptors (Lipinski definition) is 5. The van der Waals surface area contributed by atoms with Crippen LogP contribution < -0.4 is 14.2 Å². The summed E-state index contributed by atoms with van der Waals surface area (Å²) in [6.07, 6.45) is 0.429. The topological polar surface area (TPSA) is 48.0 Å². The fourth-order valence-corrected chi connectivity index (χ4v) is 1.71. The van der Waals surface area contributed by atoms with Crippen molar-refractivity contribution >= 4 is 22.8 Å². The molecule has 0 unspecified atom stereocenters. The normalized spacial score (nSPS) is 9.90. The summed E-state index contributed by atoms with van der Waals surface area (Å²) in [6.45, 7) is 0.691. The summed E-state index contributed by atoms with van der Waals surface area (Å²) in [4.78, 5) is 14.2. The Hall–Kier alpha value is -1.27. The second kappa shape index (κ2) is 8.81. The lowest BCUT2D eigenvalue weighted by Gasteiger charge is -2.14. The third-order valence-electron chi connectivity index (χ3n) is 2.79. The van der Waals surface area contributed by atoms with E-state index < -0.39 is 0 Å². The minimum atomic E-state index is 0. The van der Waals surface area contributed by atoms with Gasteiger partial charge in [0.2, 0.25) is 0 Å². The molecule has 0 aromatic heterocycles. The van der Waals surface area contributed by atoms with Crippen molar-refractivity contribution in [3.63, 3.8) is 0 Å². The fourth-order valence-electron chi connectivity index (χ4n) is 1.71. The molecule has 0 aliphatic rings. The molecule has 0 spiro atoms. The van der Waals surface area contributed by atoms with Gasteiger partial charge in [-0.1, -0.05) is 0 Å². The molecule has 0 saturated carbocycles. The zero-order chi connectivity index (χ0) is 14.4. The zero-order valence-corrected chi connectivity index (χ0v) is 14.3. The summed E-state index contributed by atoms with van der Waals surface area (Å²) in [5, 5.41) is 0. The molecule has 114 valence electrons. The Morgan fingerprint density at radius 2 is 1.50 bits per heavy atom. The Bertz CT molecular complexity index is 449. The minimum Gasteiger partial charge on any atom is -0.496 e. The van der Waals surface area contributed by atoms with E-state index in [2.05, 4.69) is 0 Å². The van der Waals surface area contributed by atoms with Crippen LogP contribution in [0, 0.1) is 0 Å². The number of nitrogens with zero attached hydrogens (tertiary/aromatic N) is 1. The Morgan fingerprint density at radius 3 is 1.95 bits per heavy atom. The molecule has 0 atom stereocenters. The van der Waals surface area contributed by atoms with Crippen molar-refractivity contribution in [1.82, 2.24) is 4.90 Å². The van der Waals surface area contributed by atoms with Gasteiger partial charge in [0.1, 0.15) is 5.75 Å². The number of ketones is 1. The van der Waals surface area contributed by atoms with Crippen LogP contribution in [-0.2, 0) is 0 Å². The van der Waals surface area contributed by atoms with Gasteiger partial charge in [0.05, 0.1) is 26.9 Å². The summed E-state index contributed by atoms with van der Waals surface area (Å²) in [5.74, 6) is 1.59. The first kappa shape index (κ1) is 18.7. The van der Waals surface area contributed by atoms with Crippen molar-refractivity contribution in [3.05, 3.63) is 17.7 Å². The second-order valence-electron chi connectivity index (χ2n) is 4.38. The van der Waals surface area contributed by atoms with Gasteiger partial charge in [-0.2, -0.15) is 0 Å². The minimum absolute atomic E-state index is 0. The molecule has 1 rings (SSSR count). The monoisotopic (exact) mass is 347 g/mol. The summed E-state index contributed by atoms with van der Waals surface area (Å²) < 4.78 is 15.6. The summed E-state index contributed by atoms with van der Waals surface area (Å²) in [7, 11) is 8.48. The molecule has 0 aliphatic heterocycles. The number of carbonyl (C=O) groups is 1. The molecule has 20 heavy (non-hydrogen) atoms. The van der Waals surface area contributed by atoms with Crippen molar-refractivity contribution in [3.8, 4) is 17.2 Å². The number of ether oxygens (including phenoxy) is 3. The van der Waals surface area contributed by atoms with Gasteiger partial charge < -0.3 is 19.1 Å². The SMILES string of the molecule is Br.COc1cc(OC)c(C(=O)CCN(C)C)cc1OC. The molecule has 0 radical (unpaired) electrons. The van der Waals surface area contributed by atoms with E-state index >= 15 is 0 Å². The van der Waals surface area contributed by atoms with Gasteiger partial charge in [-0.3, -0.25) is 4.79 Å². The van der Waals surface area contributed by atoms with Gasteiger partial charge in [0, 0.05) is 19.0 Å². The van der Waals surface area contributed by atoms with Crippen LogP contribution in [0.5, 0.6) is 17.2 Å². The van der Waals surface area contributed by atoms with Gasteiger partial charge in [-0.25, -0.2) is 0 Å². The molecular weight excluding hydrogens is 326 g/mol. The van der Waals surface area contributed by atoms with Crippen molar-refractivity contribution in [2.75, 3.05) is 42.0 Å². The third kappa shape index (κ3) is 4.68. The number of hydrogen-bond donors (Lipinski definition) is 0. The molecule has 0 fully saturated rings. The van der Waals surface area contributed by atoms with E-state index in [1.807, 2.05) is 19.0 Å². The van der Waals surface area contributed by atoms with E-state index in [9.17, 15) is 4.79 Å². The van der Waals surface area contributed by atoms with E-state index in [0.717, 1.165) is 0 Å². The van der Waals surface area contributed by atoms with Crippen molar-refractivity contribution in [2.24, 2.45) is 0 Å². The molecule has 0 aliphatic carbocycles. The van der Waals surface area contributed by atoms with Crippen LogP contribution >= 0.6 is 17.0 Å². The maximum absolute atomic E-state index is 12.2. The number of benzene rings is 1. The van der Waals surface area contributed by atoms with Crippen LogP contribution in [0.2, 0.25) is 0 Å². The van der Waals surface area contributed by atoms with Gasteiger partial charge in [0.25, 0.3) is 0 Å². The standard InChI is InChI=1S/C14H21NO4.BrH/c1-15(2)7-6-11(16)10-8-13(18-4)14(19-5)9-12(10)17-3;/h8-9H,6-7H2,1-5H3;1H. The van der Waals surface area contributed by atoms with Gasteiger partial charge in [-0.05, 0) is 20.2 Å². The lowest BCUT2D eigenvalue weighted by molar-refractivity contribution is 0.0969. The van der Waals surface area contributed by atoms with Crippen LogP contribution in [0.1, 0.15) is 16.8 Å². The molecule has 0 amide bonds. The lowest BCUT2D eigenvalue weighted by Crippen LogP contribution is -2.17. The number of Topliss-reactive ketones (excluding diaryl/α,β-unsaturated/α-hetero) is 1. The fraction of sp³-hybridized carbons (Fsp3) is 0.500. The highest BCUT2D eigenvalue weighted by Gasteiger charge is 2.17. The van der Waals surface area contributed by atoms with Gasteiger partial charge in [-0.15, -0.1) is 17.0 Å². The second-order valence-corrected chi connectivity index (χ2v) is 4.38. The quantitative estimate of drug-likeness (QED) is 0.709. The van der Waals surface area contributed by atoms with E-state index in [0.29, 0.717) is 35.8 Å². The molecular formula is C14H22BrNO4. The number of methoxy groups -OCH3 is 3. The molecule has 0 saturated heterocycles. The van der Waals surface area contributed by atoms with Crippen LogP contribution in [0.4, 0.5) is 0 Å². The van der Waals surface area contributed by atoms with E-state index in [4.69, 9.17) is 14.2 Å². The Balaban J connectivity index is 0.00000361. The number of halogens is 1. The first-order valence-corrected chi connectivity index (χ1v) is 6.01. The molecule has 1 aromatic carbocycles. The highest BCUT2D eigenvalue weighted by Crippen LogP contribution is 2.35. The van der Waals surface area contributed by atoms with Crippen LogP contribution in [-0.4, -0.2) is 52.7 Å². The van der Waals surface area contributed by atoms with Crippen LogP contribution in [0.3, 0.4) is 0 Å². The molecule has 0 heterocycles. The van der Waals surface area contributed by atoms with Crippen LogP contribution in [0.15, 0.2) is 12.1 Å². The smallest absolute Gasteiger partial charge is 0.168 e. The third-order valence-corrected chi connectivity index (χ3v) is 2.79. The highest BCUT2D eigenvalue weighted by atomic mass is 79.9. The number of rotatable bonds is 7. The Kier molecular flexibility index (Phi) is 8.25. The highest BCUT2D eigenvalue weighted by molar-refractivity contribution is 8.93. The molecule has 6 heteroatoms. The Morgan fingerprint density at radius 1 is 1.00 bits per heavy atom. The van der Waals surface area contributed by atoms with Gasteiger partial charge >= 0.3 is 0 Å². The predicted octanol–water partition coefficient (Wildman–Crippen LogP) is 2.42. The van der Waals surface area contributed by atoms with Crippen molar-refractivity contribution in [2.45, 2.75) is 6.42 Å². The maximum Gasteiger partial charge on any atom is 0.168 e. The van der Waals surface area contributed by atoms with E-state index in [1.165, 1.54) is 7.11 Å². The van der Waals surface area contributed by atoms with Crippen molar-refractivity contribution in [1.29, 1.82) is 0 Å². The van der Waals surface area contributed by atoms with Crippen LogP contribution in [0.25, 0.3) is 0 Å². The maximum atomic E-state index is 12.2. The Labute approximate surface area is 130 Å². The largest absolute Gasteiger partial charge is 0.496 e. The van der Waals surface area contributed by atoms with E-state index in [-0.39, 0.29) is 22.8 Å². The summed E-state index contributed by atoms with van der Waals surface area (Å²) in [5.41, 5.74) is 0.516. The summed E-state index contributed by atoms with van der Waals surface area (Å²) >= 11 is 0. The molecule has 0 N–H and O–H groups in total. The summed E-state index contributed by atoms with van der Waals surface area (Å²) in [6, 6.07) is 3.33. The van der Waals surface area contributed by atoms with Crippen molar-refractivity contribution < 1.29 is 19.0 Å². The average Bonchev–Trinajstić information content (AvgIpc) is 2.42. The lowest BCUT2D eigenvalue weighted by atomic mass is 10.1. The van der Waals surface area contributed by atoms with E-state index in [1.54, 1.807) is 26.4 Å².